The highest BCUT2D eigenvalue weighted by Crippen LogP contribution is 2.45. The molecule has 13 aromatic carbocycles. The van der Waals surface area contributed by atoms with Crippen molar-refractivity contribution in [1.29, 1.82) is 0 Å². The van der Waals surface area contributed by atoms with E-state index in [9.17, 15) is 0 Å². The van der Waals surface area contributed by atoms with Crippen molar-refractivity contribution < 1.29 is 8.83 Å². The molecule has 70 heavy (non-hydrogen) atoms. The van der Waals surface area contributed by atoms with E-state index >= 15 is 0 Å². The first-order chi connectivity index (χ1) is 34.6. The van der Waals surface area contributed by atoms with E-state index in [1.807, 2.05) is 0 Å². The Hall–Kier alpha value is -9.38. The highest BCUT2D eigenvalue weighted by molar-refractivity contribution is 6.21. The third-order valence-electron chi connectivity index (χ3n) is 14.4. The Morgan fingerprint density at radius 2 is 0.457 bits per heavy atom. The van der Waals surface area contributed by atoms with Gasteiger partial charge < -0.3 is 18.6 Å². The van der Waals surface area contributed by atoms with Gasteiger partial charge in [-0.2, -0.15) is 0 Å². The summed E-state index contributed by atoms with van der Waals surface area (Å²) in [5.41, 5.74) is 9.71. The number of anilines is 6. The maximum Gasteiger partial charge on any atom is 0.178 e. The second-order valence-electron chi connectivity index (χ2n) is 18.6. The summed E-state index contributed by atoms with van der Waals surface area (Å²) in [6, 6.07) is 87.8. The quantitative estimate of drug-likeness (QED) is 0.166. The predicted octanol–water partition coefficient (Wildman–Crippen LogP) is 19.3. The van der Waals surface area contributed by atoms with Gasteiger partial charge in [-0.3, -0.25) is 0 Å². The summed E-state index contributed by atoms with van der Waals surface area (Å²) in [6.07, 6.45) is 0. The SMILES string of the molecule is c1ccc2cc(N(c3ccc4ccccc4c3)c3ccc4cc5c(cc4c3)oc3c5ccc4c5cc6ccc(N(c7ccc8ccccc8c7)c7ccc8ccccc8c7)cc6cc5oc43)ccc2c1. The fourth-order valence-electron chi connectivity index (χ4n) is 11.0. The van der Waals surface area contributed by atoms with E-state index in [1.54, 1.807) is 0 Å². The van der Waals surface area contributed by atoms with Crippen LogP contribution < -0.4 is 9.80 Å². The van der Waals surface area contributed by atoms with Crippen molar-refractivity contribution >= 4 is 143 Å². The number of furan rings is 2. The van der Waals surface area contributed by atoms with Gasteiger partial charge in [0.2, 0.25) is 0 Å². The van der Waals surface area contributed by atoms with Gasteiger partial charge in [0, 0.05) is 55.7 Å². The lowest BCUT2D eigenvalue weighted by Crippen LogP contribution is -2.10. The Morgan fingerprint density at radius 3 is 0.771 bits per heavy atom. The second kappa shape index (κ2) is 15.1. The van der Waals surface area contributed by atoms with E-state index in [2.05, 4.69) is 252 Å². The topological polar surface area (TPSA) is 32.8 Å². The average molecular weight is 893 g/mol. The lowest BCUT2D eigenvalue weighted by molar-refractivity contribution is 0.634. The van der Waals surface area contributed by atoms with Gasteiger partial charge in [-0.15, -0.1) is 0 Å². The fraction of sp³-hybridized carbons (Fsp3) is 0. The molecule has 0 N–H and O–H groups in total. The minimum Gasteiger partial charge on any atom is -0.452 e. The zero-order valence-corrected chi connectivity index (χ0v) is 37.8. The van der Waals surface area contributed by atoms with Crippen LogP contribution in [-0.4, -0.2) is 0 Å². The average Bonchev–Trinajstić information content (AvgIpc) is 3.96. The number of hydrogen-bond acceptors (Lipinski definition) is 4. The van der Waals surface area contributed by atoms with Crippen molar-refractivity contribution in [3.05, 3.63) is 243 Å². The fourth-order valence-corrected chi connectivity index (χ4v) is 11.0. The van der Waals surface area contributed by atoms with E-state index in [4.69, 9.17) is 8.83 Å². The molecule has 0 atom stereocenters. The molecule has 4 heteroatoms. The summed E-state index contributed by atoms with van der Waals surface area (Å²) in [6.45, 7) is 0. The maximum absolute atomic E-state index is 6.86. The van der Waals surface area contributed by atoms with E-state index in [0.29, 0.717) is 0 Å². The predicted molar refractivity (Wildman–Crippen MR) is 295 cm³/mol. The summed E-state index contributed by atoms with van der Waals surface area (Å²) in [7, 11) is 0. The Labute approximate surface area is 402 Å². The van der Waals surface area contributed by atoms with Gasteiger partial charge in [-0.25, -0.2) is 0 Å². The Balaban J connectivity index is 0.848. The van der Waals surface area contributed by atoms with Crippen LogP contribution >= 0.6 is 0 Å². The third-order valence-corrected chi connectivity index (χ3v) is 14.4. The van der Waals surface area contributed by atoms with Crippen LogP contribution in [0.5, 0.6) is 0 Å². The molecule has 0 bridgehead atoms. The van der Waals surface area contributed by atoms with E-state index < -0.39 is 0 Å². The number of hydrogen-bond donors (Lipinski definition) is 0. The molecule has 0 radical (unpaired) electrons. The highest BCUT2D eigenvalue weighted by Gasteiger charge is 2.21. The van der Waals surface area contributed by atoms with Crippen LogP contribution in [-0.2, 0) is 0 Å². The highest BCUT2D eigenvalue weighted by atomic mass is 16.4. The zero-order chi connectivity index (χ0) is 45.9. The molecule has 2 heterocycles. The van der Waals surface area contributed by atoms with Crippen LogP contribution in [0.25, 0.3) is 109 Å². The van der Waals surface area contributed by atoms with Gasteiger partial charge in [-0.1, -0.05) is 133 Å². The van der Waals surface area contributed by atoms with Crippen molar-refractivity contribution in [3.8, 4) is 0 Å². The summed E-state index contributed by atoms with van der Waals surface area (Å²) >= 11 is 0. The summed E-state index contributed by atoms with van der Waals surface area (Å²) < 4.78 is 13.7. The van der Waals surface area contributed by atoms with Gasteiger partial charge in [-0.05, 0) is 174 Å². The molecule has 326 valence electrons. The maximum atomic E-state index is 6.86. The first-order valence-corrected chi connectivity index (χ1v) is 23.9. The van der Waals surface area contributed by atoms with E-state index in [-0.39, 0.29) is 0 Å². The number of rotatable bonds is 6. The molecular weight excluding hydrogens is 853 g/mol. The van der Waals surface area contributed by atoms with E-state index in [0.717, 1.165) is 99.5 Å². The van der Waals surface area contributed by atoms with Crippen LogP contribution in [0.2, 0.25) is 0 Å². The van der Waals surface area contributed by atoms with Gasteiger partial charge in [0.1, 0.15) is 11.2 Å². The van der Waals surface area contributed by atoms with Gasteiger partial charge in [0.15, 0.2) is 11.2 Å². The van der Waals surface area contributed by atoms with Gasteiger partial charge >= 0.3 is 0 Å². The van der Waals surface area contributed by atoms with Crippen LogP contribution in [0.3, 0.4) is 0 Å². The molecule has 0 saturated heterocycles. The molecule has 0 amide bonds. The number of nitrogens with zero attached hydrogens (tertiary/aromatic N) is 2. The van der Waals surface area contributed by atoms with Crippen molar-refractivity contribution in [2.24, 2.45) is 0 Å². The Bertz CT molecular complexity index is 4180. The first kappa shape index (κ1) is 38.7. The summed E-state index contributed by atoms with van der Waals surface area (Å²) in [5.74, 6) is 0. The van der Waals surface area contributed by atoms with Crippen molar-refractivity contribution in [2.75, 3.05) is 9.80 Å². The molecule has 0 fully saturated rings. The number of fused-ring (bicyclic) bond motifs is 13. The molecule has 4 nitrogen and oxygen atoms in total. The molecule has 2 aromatic heterocycles. The smallest absolute Gasteiger partial charge is 0.178 e. The normalized spacial score (nSPS) is 12.0. The van der Waals surface area contributed by atoms with Gasteiger partial charge in [0.05, 0.1) is 0 Å². The lowest BCUT2D eigenvalue weighted by Gasteiger charge is -2.26. The van der Waals surface area contributed by atoms with Crippen molar-refractivity contribution in [1.82, 2.24) is 0 Å². The molecule has 0 unspecified atom stereocenters. The van der Waals surface area contributed by atoms with Crippen LogP contribution in [0, 0.1) is 0 Å². The standard InChI is InChI=1S/C66H40N2O2/c1-5-13-45-31-53(23-17-41(45)9-1)67(54-24-18-42-10-2-6-14-46(42)32-54)57-27-21-49-37-61-59-29-30-60-62-38-50-22-28-58(36-52(50)40-64(62)70-66(60)65(59)69-63(61)39-51(49)35-57)68(55-25-19-43-11-3-7-15-47(43)33-55)56-26-20-44-12-4-8-16-48(44)34-56/h1-40H. The molecule has 0 aliphatic carbocycles. The lowest BCUT2D eigenvalue weighted by atomic mass is 10.0. The number of benzene rings is 13. The monoisotopic (exact) mass is 892 g/mol. The molecular formula is C66H40N2O2. The van der Waals surface area contributed by atoms with Crippen LogP contribution in [0.15, 0.2) is 251 Å². The zero-order valence-electron chi connectivity index (χ0n) is 37.8. The molecule has 0 spiro atoms. The molecule has 15 aromatic rings. The molecule has 0 saturated carbocycles. The second-order valence-corrected chi connectivity index (χ2v) is 18.6. The Kier molecular flexibility index (Phi) is 8.33. The summed E-state index contributed by atoms with van der Waals surface area (Å²) in [5, 5.41) is 18.3. The molecule has 0 aliphatic heterocycles. The van der Waals surface area contributed by atoms with Crippen LogP contribution in [0.1, 0.15) is 0 Å². The van der Waals surface area contributed by atoms with E-state index in [1.165, 1.54) is 43.1 Å². The third kappa shape index (κ3) is 6.17. The van der Waals surface area contributed by atoms with Crippen LogP contribution in [0.4, 0.5) is 34.1 Å². The minimum absolute atomic E-state index is 0.761. The van der Waals surface area contributed by atoms with Crippen molar-refractivity contribution in [3.63, 3.8) is 0 Å². The summed E-state index contributed by atoms with van der Waals surface area (Å²) in [4.78, 5) is 4.72. The molecule has 15 rings (SSSR count). The van der Waals surface area contributed by atoms with Crippen molar-refractivity contribution in [2.45, 2.75) is 0 Å². The minimum atomic E-state index is 0.761. The van der Waals surface area contributed by atoms with Gasteiger partial charge in [0.25, 0.3) is 0 Å². The molecule has 0 aliphatic rings. The largest absolute Gasteiger partial charge is 0.452 e. The Morgan fingerprint density at radius 1 is 0.200 bits per heavy atom. The first-order valence-electron chi connectivity index (χ1n) is 23.9.